The Bertz CT molecular complexity index is 798. The highest BCUT2D eigenvalue weighted by atomic mass is 16.5. The van der Waals surface area contributed by atoms with Crippen LogP contribution in [0.15, 0.2) is 36.8 Å². The van der Waals surface area contributed by atoms with Gasteiger partial charge in [-0.2, -0.15) is 0 Å². The fourth-order valence-corrected chi connectivity index (χ4v) is 2.35. The fourth-order valence-electron chi connectivity index (χ4n) is 2.35. The lowest BCUT2D eigenvalue weighted by Crippen LogP contribution is -2.01. The summed E-state index contributed by atoms with van der Waals surface area (Å²) in [4.78, 5) is 0. The molecule has 114 valence electrons. The molecule has 2 N–H and O–H groups in total. The van der Waals surface area contributed by atoms with Gasteiger partial charge in [0, 0.05) is 29.1 Å². The summed E-state index contributed by atoms with van der Waals surface area (Å²) in [6.45, 7) is 4.99. The van der Waals surface area contributed by atoms with E-state index < -0.39 is 0 Å². The van der Waals surface area contributed by atoms with E-state index in [1.165, 1.54) is 0 Å². The van der Waals surface area contributed by atoms with Gasteiger partial charge in [0.25, 0.3) is 0 Å². The first-order valence-corrected chi connectivity index (χ1v) is 7.21. The number of ether oxygens (including phenoxy) is 2. The molecule has 22 heavy (non-hydrogen) atoms. The number of aromatic nitrogens is 3. The van der Waals surface area contributed by atoms with E-state index in [9.17, 15) is 0 Å². The van der Waals surface area contributed by atoms with Gasteiger partial charge in [0.05, 0.1) is 13.2 Å². The number of nitrogens with two attached hydrogens (primary N) is 1. The van der Waals surface area contributed by atoms with Gasteiger partial charge in [0.1, 0.15) is 6.33 Å². The van der Waals surface area contributed by atoms with Crippen molar-refractivity contribution >= 4 is 11.3 Å². The maximum atomic E-state index is 6.19. The van der Waals surface area contributed by atoms with Gasteiger partial charge >= 0.3 is 0 Å². The average Bonchev–Trinajstić information content (AvgIpc) is 2.97. The molecular formula is C16H18N4O2. The predicted octanol–water partition coefficient (Wildman–Crippen LogP) is 2.78. The van der Waals surface area contributed by atoms with Crippen LogP contribution in [-0.4, -0.2) is 27.8 Å². The Morgan fingerprint density at radius 2 is 1.82 bits per heavy atom. The number of hydrogen-bond donors (Lipinski definition) is 1. The number of benzene rings is 1. The molecule has 6 heteroatoms. The van der Waals surface area contributed by atoms with Gasteiger partial charge in [-0.15, -0.1) is 10.2 Å². The quantitative estimate of drug-likeness (QED) is 0.733. The highest BCUT2D eigenvalue weighted by Crippen LogP contribution is 2.37. The molecule has 2 aromatic heterocycles. The Labute approximate surface area is 128 Å². The summed E-state index contributed by atoms with van der Waals surface area (Å²) in [5.41, 5.74) is 9.48. The molecule has 0 unspecified atom stereocenters. The van der Waals surface area contributed by atoms with Crippen molar-refractivity contribution in [3.05, 3.63) is 36.8 Å². The highest BCUT2D eigenvalue weighted by Gasteiger charge is 2.12. The van der Waals surface area contributed by atoms with Crippen LogP contribution < -0.4 is 15.2 Å². The molecule has 0 atom stereocenters. The van der Waals surface area contributed by atoms with Gasteiger partial charge in [-0.1, -0.05) is 0 Å². The zero-order chi connectivity index (χ0) is 15.5. The lowest BCUT2D eigenvalue weighted by atomic mass is 10.0. The molecule has 0 bridgehead atoms. The Balaban J connectivity index is 2.10. The standard InChI is InChI=1S/C16H18N4O2/c1-3-21-14-7-12(13(17)8-15(14)22-4-2)11-5-6-16-19-18-10-20(16)9-11/h5-10H,3-4,17H2,1-2H3. The zero-order valence-electron chi connectivity index (χ0n) is 12.6. The number of pyridine rings is 1. The third kappa shape index (κ3) is 2.55. The first kappa shape index (κ1) is 14.2. The minimum Gasteiger partial charge on any atom is -0.490 e. The molecule has 3 rings (SSSR count). The molecule has 0 aliphatic heterocycles. The predicted molar refractivity (Wildman–Crippen MR) is 85.2 cm³/mol. The van der Waals surface area contributed by atoms with Crippen molar-refractivity contribution in [2.45, 2.75) is 13.8 Å². The van der Waals surface area contributed by atoms with Crippen LogP contribution in [0.1, 0.15) is 13.8 Å². The molecule has 0 amide bonds. The topological polar surface area (TPSA) is 74.7 Å². The molecule has 6 nitrogen and oxygen atoms in total. The van der Waals surface area contributed by atoms with Gasteiger partial charge in [0.2, 0.25) is 0 Å². The summed E-state index contributed by atoms with van der Waals surface area (Å²) < 4.78 is 13.1. The van der Waals surface area contributed by atoms with Crippen molar-refractivity contribution in [2.24, 2.45) is 0 Å². The van der Waals surface area contributed by atoms with Crippen LogP contribution in [0.25, 0.3) is 16.8 Å². The first-order chi connectivity index (χ1) is 10.7. The monoisotopic (exact) mass is 298 g/mol. The Morgan fingerprint density at radius 1 is 1.09 bits per heavy atom. The van der Waals surface area contributed by atoms with Crippen LogP contribution in [0.5, 0.6) is 11.5 Å². The first-order valence-electron chi connectivity index (χ1n) is 7.21. The van der Waals surface area contributed by atoms with E-state index >= 15 is 0 Å². The second kappa shape index (κ2) is 5.93. The summed E-state index contributed by atoms with van der Waals surface area (Å²) in [6, 6.07) is 7.58. The SMILES string of the molecule is CCOc1cc(N)c(-c2ccc3nncn3c2)cc1OCC. The van der Waals surface area contributed by atoms with Gasteiger partial charge in [-0.05, 0) is 32.0 Å². The number of nitrogens with zero attached hydrogens (tertiary/aromatic N) is 3. The smallest absolute Gasteiger partial charge is 0.163 e. The van der Waals surface area contributed by atoms with Gasteiger partial charge in [-0.25, -0.2) is 0 Å². The fraction of sp³-hybridized carbons (Fsp3) is 0.250. The molecule has 2 heterocycles. The van der Waals surface area contributed by atoms with E-state index in [2.05, 4.69) is 10.2 Å². The molecule has 1 aromatic carbocycles. The van der Waals surface area contributed by atoms with E-state index in [-0.39, 0.29) is 0 Å². The van der Waals surface area contributed by atoms with Crippen molar-refractivity contribution in [2.75, 3.05) is 18.9 Å². The molecule has 0 fully saturated rings. The molecule has 0 radical (unpaired) electrons. The molecule has 0 aliphatic rings. The summed E-state index contributed by atoms with van der Waals surface area (Å²) in [7, 11) is 0. The van der Waals surface area contributed by atoms with E-state index in [0.717, 1.165) is 16.8 Å². The van der Waals surface area contributed by atoms with Crippen molar-refractivity contribution in [3.8, 4) is 22.6 Å². The zero-order valence-corrected chi connectivity index (χ0v) is 12.6. The maximum absolute atomic E-state index is 6.19. The molecule has 0 spiro atoms. The second-order valence-electron chi connectivity index (χ2n) is 4.77. The van der Waals surface area contributed by atoms with Crippen LogP contribution in [-0.2, 0) is 0 Å². The minimum absolute atomic E-state index is 0.561. The van der Waals surface area contributed by atoms with Crippen LogP contribution >= 0.6 is 0 Å². The third-order valence-electron chi connectivity index (χ3n) is 3.32. The molecule has 0 aliphatic carbocycles. The largest absolute Gasteiger partial charge is 0.490 e. The van der Waals surface area contributed by atoms with Crippen LogP contribution in [0.4, 0.5) is 5.69 Å². The Morgan fingerprint density at radius 3 is 2.55 bits per heavy atom. The van der Waals surface area contributed by atoms with Crippen LogP contribution in [0, 0.1) is 0 Å². The normalized spacial score (nSPS) is 10.8. The number of hydrogen-bond acceptors (Lipinski definition) is 5. The molecule has 0 saturated carbocycles. The molecular weight excluding hydrogens is 280 g/mol. The minimum atomic E-state index is 0.561. The summed E-state index contributed by atoms with van der Waals surface area (Å²) in [6.07, 6.45) is 3.60. The van der Waals surface area contributed by atoms with E-state index in [0.29, 0.717) is 30.4 Å². The lowest BCUT2D eigenvalue weighted by molar-refractivity contribution is 0.288. The summed E-state index contributed by atoms with van der Waals surface area (Å²) in [5, 5.41) is 7.88. The third-order valence-corrected chi connectivity index (χ3v) is 3.32. The Kier molecular flexibility index (Phi) is 3.82. The second-order valence-corrected chi connectivity index (χ2v) is 4.77. The van der Waals surface area contributed by atoms with E-state index in [4.69, 9.17) is 15.2 Å². The van der Waals surface area contributed by atoms with Gasteiger partial charge < -0.3 is 15.2 Å². The van der Waals surface area contributed by atoms with Crippen molar-refractivity contribution in [3.63, 3.8) is 0 Å². The van der Waals surface area contributed by atoms with Crippen molar-refractivity contribution in [1.82, 2.24) is 14.6 Å². The summed E-state index contributed by atoms with van der Waals surface area (Å²) in [5.74, 6) is 1.35. The highest BCUT2D eigenvalue weighted by molar-refractivity contribution is 5.80. The van der Waals surface area contributed by atoms with E-state index in [1.54, 1.807) is 12.4 Å². The van der Waals surface area contributed by atoms with Gasteiger partial charge in [0.15, 0.2) is 17.1 Å². The molecule has 3 aromatic rings. The van der Waals surface area contributed by atoms with Crippen molar-refractivity contribution < 1.29 is 9.47 Å². The number of rotatable bonds is 5. The lowest BCUT2D eigenvalue weighted by Gasteiger charge is -2.15. The maximum Gasteiger partial charge on any atom is 0.163 e. The molecule has 0 saturated heterocycles. The average molecular weight is 298 g/mol. The van der Waals surface area contributed by atoms with E-state index in [1.807, 2.05) is 42.6 Å². The number of nitrogen functional groups attached to an aromatic ring is 1. The van der Waals surface area contributed by atoms with Crippen LogP contribution in [0.3, 0.4) is 0 Å². The Hall–Kier alpha value is -2.76. The van der Waals surface area contributed by atoms with Crippen molar-refractivity contribution in [1.29, 1.82) is 0 Å². The number of anilines is 1. The summed E-state index contributed by atoms with van der Waals surface area (Å²) >= 11 is 0. The number of fused-ring (bicyclic) bond motifs is 1. The van der Waals surface area contributed by atoms with Gasteiger partial charge in [-0.3, -0.25) is 4.40 Å². The van der Waals surface area contributed by atoms with Crippen LogP contribution in [0.2, 0.25) is 0 Å².